The third-order valence-electron chi connectivity index (χ3n) is 5.57. The lowest BCUT2D eigenvalue weighted by Crippen LogP contribution is -2.47. The van der Waals surface area contributed by atoms with Crippen LogP contribution in [0.15, 0.2) is 0 Å². The second-order valence-corrected chi connectivity index (χ2v) is 6.87. The molecule has 0 amide bonds. The van der Waals surface area contributed by atoms with E-state index < -0.39 is 5.97 Å². The van der Waals surface area contributed by atoms with Gasteiger partial charge in [0, 0.05) is 31.7 Å². The number of carbonyl (C=O) groups is 1. The molecule has 0 aromatic carbocycles. The molecule has 0 spiro atoms. The third kappa shape index (κ3) is 2.29. The molecule has 3 aliphatic rings. The van der Waals surface area contributed by atoms with Crippen molar-refractivity contribution in [1.82, 2.24) is 9.80 Å². The number of hydrogen-bond donors (Lipinski definition) is 1. The Hall–Kier alpha value is -0.610. The standard InChI is InChI=1S/C15H26N2O2/c1-10(2)16-7-6-12(9-16)17-8-11-4-3-5-13(11)14(17)15(18)19/h10-14H,3-9H2,1-2H3,(H,18,19). The van der Waals surface area contributed by atoms with E-state index in [1.807, 2.05) is 0 Å². The van der Waals surface area contributed by atoms with Crippen LogP contribution in [0.4, 0.5) is 0 Å². The number of carboxylic acids is 1. The van der Waals surface area contributed by atoms with E-state index in [0.29, 0.717) is 23.9 Å². The number of hydrogen-bond acceptors (Lipinski definition) is 3. The third-order valence-corrected chi connectivity index (χ3v) is 5.57. The van der Waals surface area contributed by atoms with E-state index in [-0.39, 0.29) is 6.04 Å². The fourth-order valence-corrected chi connectivity index (χ4v) is 4.55. The van der Waals surface area contributed by atoms with E-state index in [0.717, 1.165) is 32.5 Å². The van der Waals surface area contributed by atoms with Gasteiger partial charge in [0.1, 0.15) is 6.04 Å². The summed E-state index contributed by atoms with van der Waals surface area (Å²) in [5.74, 6) is 0.484. The summed E-state index contributed by atoms with van der Waals surface area (Å²) in [5, 5.41) is 9.61. The number of carboxylic acid groups (broad SMARTS) is 1. The van der Waals surface area contributed by atoms with Crippen molar-refractivity contribution in [1.29, 1.82) is 0 Å². The zero-order valence-electron chi connectivity index (χ0n) is 12.1. The van der Waals surface area contributed by atoms with Crippen molar-refractivity contribution in [3.63, 3.8) is 0 Å². The van der Waals surface area contributed by atoms with Gasteiger partial charge in [-0.15, -0.1) is 0 Å². The molecule has 3 rings (SSSR count). The van der Waals surface area contributed by atoms with Gasteiger partial charge in [0.2, 0.25) is 0 Å². The van der Waals surface area contributed by atoms with Gasteiger partial charge in [-0.05, 0) is 44.9 Å². The first-order chi connectivity index (χ1) is 9.08. The fraction of sp³-hybridized carbons (Fsp3) is 0.933. The summed E-state index contributed by atoms with van der Waals surface area (Å²) in [5.41, 5.74) is 0. The highest BCUT2D eigenvalue weighted by atomic mass is 16.4. The summed E-state index contributed by atoms with van der Waals surface area (Å²) in [7, 11) is 0. The van der Waals surface area contributed by atoms with E-state index in [4.69, 9.17) is 0 Å². The Morgan fingerprint density at radius 2 is 2.00 bits per heavy atom. The molecule has 19 heavy (non-hydrogen) atoms. The minimum atomic E-state index is -0.586. The number of likely N-dealkylation sites (tertiary alicyclic amines) is 2. The van der Waals surface area contributed by atoms with Crippen LogP contribution in [0.5, 0.6) is 0 Å². The number of aliphatic carboxylic acids is 1. The molecule has 1 aliphatic carbocycles. The van der Waals surface area contributed by atoms with Gasteiger partial charge in [0.15, 0.2) is 0 Å². The zero-order valence-corrected chi connectivity index (χ0v) is 12.1. The van der Waals surface area contributed by atoms with Gasteiger partial charge in [0.25, 0.3) is 0 Å². The Morgan fingerprint density at radius 1 is 1.21 bits per heavy atom. The Balaban J connectivity index is 1.72. The van der Waals surface area contributed by atoms with Crippen molar-refractivity contribution in [2.75, 3.05) is 19.6 Å². The first-order valence-electron chi connectivity index (χ1n) is 7.80. The van der Waals surface area contributed by atoms with Crippen molar-refractivity contribution < 1.29 is 9.90 Å². The Kier molecular flexibility index (Phi) is 3.56. The SMILES string of the molecule is CC(C)N1CCC(N2CC3CCCC3C2C(=O)O)C1. The smallest absolute Gasteiger partial charge is 0.321 e. The average molecular weight is 266 g/mol. The second kappa shape index (κ2) is 5.06. The van der Waals surface area contributed by atoms with E-state index in [1.54, 1.807) is 0 Å². The minimum absolute atomic E-state index is 0.204. The van der Waals surface area contributed by atoms with E-state index in [2.05, 4.69) is 23.6 Å². The normalized spacial score (nSPS) is 40.2. The molecule has 4 unspecified atom stereocenters. The van der Waals surface area contributed by atoms with Gasteiger partial charge in [-0.2, -0.15) is 0 Å². The minimum Gasteiger partial charge on any atom is -0.480 e. The summed E-state index contributed by atoms with van der Waals surface area (Å²) >= 11 is 0. The van der Waals surface area contributed by atoms with Crippen molar-refractivity contribution in [2.24, 2.45) is 11.8 Å². The Morgan fingerprint density at radius 3 is 2.63 bits per heavy atom. The molecule has 4 nitrogen and oxygen atoms in total. The van der Waals surface area contributed by atoms with Crippen LogP contribution in [0.2, 0.25) is 0 Å². The van der Waals surface area contributed by atoms with E-state index in [1.165, 1.54) is 12.8 Å². The van der Waals surface area contributed by atoms with E-state index >= 15 is 0 Å². The first-order valence-corrected chi connectivity index (χ1v) is 7.80. The molecule has 1 N–H and O–H groups in total. The molecule has 2 aliphatic heterocycles. The van der Waals surface area contributed by atoms with Gasteiger partial charge < -0.3 is 5.11 Å². The predicted octanol–water partition coefficient (Wildman–Crippen LogP) is 1.65. The van der Waals surface area contributed by atoms with Crippen LogP contribution in [0.1, 0.15) is 39.5 Å². The molecule has 3 fully saturated rings. The largest absolute Gasteiger partial charge is 0.480 e. The van der Waals surface area contributed by atoms with Crippen LogP contribution in [-0.4, -0.2) is 58.6 Å². The summed E-state index contributed by atoms with van der Waals surface area (Å²) < 4.78 is 0. The number of nitrogens with zero attached hydrogens (tertiary/aromatic N) is 2. The fourth-order valence-electron chi connectivity index (χ4n) is 4.55. The highest BCUT2D eigenvalue weighted by molar-refractivity contribution is 5.74. The van der Waals surface area contributed by atoms with Crippen LogP contribution >= 0.6 is 0 Å². The van der Waals surface area contributed by atoms with Gasteiger partial charge in [0.05, 0.1) is 0 Å². The predicted molar refractivity (Wildman–Crippen MR) is 74.1 cm³/mol. The molecule has 4 atom stereocenters. The van der Waals surface area contributed by atoms with Crippen LogP contribution in [0.25, 0.3) is 0 Å². The van der Waals surface area contributed by atoms with Crippen molar-refractivity contribution in [3.8, 4) is 0 Å². The lowest BCUT2D eigenvalue weighted by Gasteiger charge is -2.30. The van der Waals surface area contributed by atoms with Crippen LogP contribution < -0.4 is 0 Å². The van der Waals surface area contributed by atoms with Gasteiger partial charge in [-0.3, -0.25) is 14.6 Å². The van der Waals surface area contributed by atoms with Crippen molar-refractivity contribution in [3.05, 3.63) is 0 Å². The highest BCUT2D eigenvalue weighted by Gasteiger charge is 2.50. The maximum atomic E-state index is 11.7. The second-order valence-electron chi connectivity index (χ2n) is 6.87. The number of fused-ring (bicyclic) bond motifs is 1. The summed E-state index contributed by atoms with van der Waals surface area (Å²) in [6, 6.07) is 0.842. The molecule has 2 saturated heterocycles. The molecular weight excluding hydrogens is 240 g/mol. The summed E-state index contributed by atoms with van der Waals surface area (Å²) in [4.78, 5) is 16.5. The molecule has 0 bridgehead atoms. The Labute approximate surface area is 115 Å². The van der Waals surface area contributed by atoms with Gasteiger partial charge in [-0.25, -0.2) is 0 Å². The highest BCUT2D eigenvalue weighted by Crippen LogP contribution is 2.43. The average Bonchev–Trinajstić information content (AvgIpc) is 3.02. The summed E-state index contributed by atoms with van der Waals surface area (Å²) in [6.45, 7) is 7.67. The van der Waals surface area contributed by atoms with Crippen LogP contribution in [0, 0.1) is 11.8 Å². The lowest BCUT2D eigenvalue weighted by atomic mass is 9.94. The van der Waals surface area contributed by atoms with Crippen molar-refractivity contribution >= 4 is 5.97 Å². The molecule has 2 heterocycles. The van der Waals surface area contributed by atoms with Gasteiger partial charge in [-0.1, -0.05) is 6.42 Å². The molecule has 0 aromatic heterocycles. The van der Waals surface area contributed by atoms with E-state index in [9.17, 15) is 9.90 Å². The summed E-state index contributed by atoms with van der Waals surface area (Å²) in [6.07, 6.45) is 4.74. The lowest BCUT2D eigenvalue weighted by molar-refractivity contribution is -0.144. The maximum Gasteiger partial charge on any atom is 0.321 e. The maximum absolute atomic E-state index is 11.7. The molecule has 108 valence electrons. The molecule has 1 saturated carbocycles. The van der Waals surface area contributed by atoms with Crippen molar-refractivity contribution in [2.45, 2.75) is 57.7 Å². The monoisotopic (exact) mass is 266 g/mol. The molecule has 4 heteroatoms. The first kappa shape index (κ1) is 13.4. The zero-order chi connectivity index (χ0) is 13.6. The van der Waals surface area contributed by atoms with Gasteiger partial charge >= 0.3 is 5.97 Å². The number of rotatable bonds is 3. The Bertz CT molecular complexity index is 358. The van der Waals surface area contributed by atoms with Crippen LogP contribution in [-0.2, 0) is 4.79 Å². The quantitative estimate of drug-likeness (QED) is 0.843. The molecule has 0 aromatic rings. The molecule has 0 radical (unpaired) electrons. The molecular formula is C15H26N2O2. The topological polar surface area (TPSA) is 43.8 Å². The van der Waals surface area contributed by atoms with Crippen LogP contribution in [0.3, 0.4) is 0 Å².